The summed E-state index contributed by atoms with van der Waals surface area (Å²) >= 11 is 0. The van der Waals surface area contributed by atoms with E-state index in [-0.39, 0.29) is 18.8 Å². The van der Waals surface area contributed by atoms with E-state index in [1.54, 1.807) is 0 Å². The molecule has 1 atom stereocenters. The van der Waals surface area contributed by atoms with E-state index in [9.17, 15) is 14.4 Å². The number of nitrogens with two attached hydrogens (primary N) is 2. The van der Waals surface area contributed by atoms with Gasteiger partial charge in [-0.1, -0.05) is 13.8 Å². The van der Waals surface area contributed by atoms with Gasteiger partial charge in [0.2, 0.25) is 5.91 Å². The highest BCUT2D eigenvalue weighted by Crippen LogP contribution is 2.19. The molecule has 0 spiro atoms. The molecule has 4 N–H and O–H groups in total. The van der Waals surface area contributed by atoms with Crippen LogP contribution in [0, 0.1) is 11.8 Å². The number of hydrogen-bond donors (Lipinski definition) is 2. The van der Waals surface area contributed by atoms with Crippen LogP contribution in [0.2, 0.25) is 0 Å². The molecule has 0 fully saturated rings. The molecule has 0 aliphatic heterocycles. The Morgan fingerprint density at radius 1 is 1.06 bits per heavy atom. The highest BCUT2D eigenvalue weighted by Gasteiger charge is 2.19. The number of hydrogen-bond acceptors (Lipinski definition) is 4. The first kappa shape index (κ1) is 15.4. The van der Waals surface area contributed by atoms with Crippen LogP contribution in [0.25, 0.3) is 0 Å². The molecule has 0 radical (unpaired) electrons. The molecule has 6 nitrogen and oxygen atoms in total. The zero-order chi connectivity index (χ0) is 13.4. The van der Waals surface area contributed by atoms with E-state index >= 15 is 0 Å². The minimum absolute atomic E-state index is 0.0778. The normalized spacial score (nSPS) is 12.2. The number of amides is 2. The first-order valence-electron chi connectivity index (χ1n) is 5.53. The van der Waals surface area contributed by atoms with Gasteiger partial charge in [-0.2, -0.15) is 0 Å². The summed E-state index contributed by atoms with van der Waals surface area (Å²) in [7, 11) is 0. The quantitative estimate of drug-likeness (QED) is 0.582. The Morgan fingerprint density at radius 2 is 1.65 bits per heavy atom. The number of carbonyl (C=O) groups is 3. The molecule has 17 heavy (non-hydrogen) atoms. The third-order valence-electron chi connectivity index (χ3n) is 2.13. The van der Waals surface area contributed by atoms with Crippen LogP contribution >= 0.6 is 0 Å². The van der Waals surface area contributed by atoms with Crippen molar-refractivity contribution in [1.82, 2.24) is 0 Å². The molecule has 1 unspecified atom stereocenters. The monoisotopic (exact) mass is 244 g/mol. The predicted octanol–water partition coefficient (Wildman–Crippen LogP) is -0.0573. The summed E-state index contributed by atoms with van der Waals surface area (Å²) < 4.78 is 4.63. The Bertz CT molecular complexity index is 289. The molecule has 0 saturated heterocycles. The van der Waals surface area contributed by atoms with Gasteiger partial charge in [0.1, 0.15) is 0 Å². The van der Waals surface area contributed by atoms with Crippen molar-refractivity contribution >= 4 is 17.8 Å². The zero-order valence-corrected chi connectivity index (χ0v) is 10.3. The van der Waals surface area contributed by atoms with Gasteiger partial charge in [0.25, 0.3) is 5.91 Å². The first-order chi connectivity index (χ1) is 7.81. The lowest BCUT2D eigenvalue weighted by Crippen LogP contribution is -2.24. The molecule has 6 heteroatoms. The van der Waals surface area contributed by atoms with Crippen LogP contribution in [0.1, 0.15) is 33.1 Å². The molecule has 0 aromatic carbocycles. The summed E-state index contributed by atoms with van der Waals surface area (Å²) in [4.78, 5) is 32.6. The molecule has 0 aliphatic carbocycles. The largest absolute Gasteiger partial charge is 0.456 e. The average Bonchev–Trinajstić information content (AvgIpc) is 2.12. The number of ether oxygens (including phenoxy) is 1. The second-order valence-electron chi connectivity index (χ2n) is 4.50. The topological polar surface area (TPSA) is 112 Å². The molecule has 0 aromatic heterocycles. The third kappa shape index (κ3) is 9.35. The maximum Gasteiger partial charge on any atom is 0.306 e. The van der Waals surface area contributed by atoms with Gasteiger partial charge in [0.15, 0.2) is 6.61 Å². The average molecular weight is 244 g/mol. The van der Waals surface area contributed by atoms with Crippen LogP contribution in [0.15, 0.2) is 0 Å². The van der Waals surface area contributed by atoms with Crippen LogP contribution in [-0.2, 0) is 19.1 Å². The minimum atomic E-state index is -0.700. The highest BCUT2D eigenvalue weighted by molar-refractivity contribution is 5.79. The van der Waals surface area contributed by atoms with Gasteiger partial charge in [0, 0.05) is 12.8 Å². The summed E-state index contributed by atoms with van der Waals surface area (Å²) in [5.74, 6) is -1.47. The van der Waals surface area contributed by atoms with E-state index in [1.807, 2.05) is 13.8 Å². The lowest BCUT2D eigenvalue weighted by atomic mass is 9.91. The molecule has 2 amide bonds. The van der Waals surface area contributed by atoms with Gasteiger partial charge < -0.3 is 16.2 Å². The van der Waals surface area contributed by atoms with Gasteiger partial charge in [-0.3, -0.25) is 14.4 Å². The fraction of sp³-hybridized carbons (Fsp3) is 0.727. The van der Waals surface area contributed by atoms with Crippen molar-refractivity contribution in [3.8, 4) is 0 Å². The van der Waals surface area contributed by atoms with E-state index < -0.39 is 24.4 Å². The van der Waals surface area contributed by atoms with Crippen LogP contribution in [0.4, 0.5) is 0 Å². The number of carbonyl (C=O) groups excluding carboxylic acids is 3. The maximum absolute atomic E-state index is 11.3. The van der Waals surface area contributed by atoms with Gasteiger partial charge >= 0.3 is 5.97 Å². The Balaban J connectivity index is 4.16. The summed E-state index contributed by atoms with van der Waals surface area (Å²) in [6.45, 7) is 3.55. The smallest absolute Gasteiger partial charge is 0.306 e. The fourth-order valence-electron chi connectivity index (χ4n) is 1.64. The number of rotatable bonds is 8. The molecule has 0 saturated carbocycles. The Kier molecular flexibility index (Phi) is 6.93. The molecular formula is C11H20N2O4. The number of primary amides is 2. The van der Waals surface area contributed by atoms with Crippen molar-refractivity contribution < 1.29 is 19.1 Å². The van der Waals surface area contributed by atoms with Crippen molar-refractivity contribution in [2.75, 3.05) is 6.61 Å². The van der Waals surface area contributed by atoms with E-state index in [1.165, 1.54) is 0 Å². The highest BCUT2D eigenvalue weighted by atomic mass is 16.5. The zero-order valence-electron chi connectivity index (χ0n) is 10.3. The fourth-order valence-corrected chi connectivity index (χ4v) is 1.64. The van der Waals surface area contributed by atoms with Crippen molar-refractivity contribution in [3.05, 3.63) is 0 Å². The summed E-state index contributed by atoms with van der Waals surface area (Å²) in [6, 6.07) is 0. The van der Waals surface area contributed by atoms with Gasteiger partial charge in [0.05, 0.1) is 0 Å². The molecule has 0 aliphatic rings. The van der Waals surface area contributed by atoms with Crippen LogP contribution in [0.5, 0.6) is 0 Å². The summed E-state index contributed by atoms with van der Waals surface area (Å²) in [6.07, 6.45) is 0.923. The van der Waals surface area contributed by atoms with Crippen LogP contribution in [-0.4, -0.2) is 24.4 Å². The molecule has 0 aromatic rings. The van der Waals surface area contributed by atoms with Gasteiger partial charge in [-0.05, 0) is 18.3 Å². The Hall–Kier alpha value is -1.59. The Labute approximate surface area is 101 Å². The van der Waals surface area contributed by atoms with Crippen molar-refractivity contribution in [3.63, 3.8) is 0 Å². The van der Waals surface area contributed by atoms with Crippen LogP contribution in [0.3, 0.4) is 0 Å². The Morgan fingerprint density at radius 3 is 2.06 bits per heavy atom. The SMILES string of the molecule is CC(C)CC(CC(N)=O)CC(=O)OCC(N)=O. The van der Waals surface area contributed by atoms with Gasteiger partial charge in [-0.25, -0.2) is 0 Å². The lowest BCUT2D eigenvalue weighted by Gasteiger charge is -2.16. The third-order valence-corrected chi connectivity index (χ3v) is 2.13. The van der Waals surface area contributed by atoms with Crippen LogP contribution < -0.4 is 11.5 Å². The van der Waals surface area contributed by atoms with Crippen molar-refractivity contribution in [1.29, 1.82) is 0 Å². The van der Waals surface area contributed by atoms with Crippen molar-refractivity contribution in [2.24, 2.45) is 23.3 Å². The molecule has 0 bridgehead atoms. The second-order valence-corrected chi connectivity index (χ2v) is 4.50. The standard InChI is InChI=1S/C11H20N2O4/c1-7(2)3-8(4-9(12)14)5-11(16)17-6-10(13)15/h7-8H,3-6H2,1-2H3,(H2,12,14)(H2,13,15). The predicted molar refractivity (Wildman–Crippen MR) is 61.5 cm³/mol. The van der Waals surface area contributed by atoms with E-state index in [0.29, 0.717) is 12.3 Å². The summed E-state index contributed by atoms with van der Waals surface area (Å²) in [5.41, 5.74) is 9.94. The van der Waals surface area contributed by atoms with Crippen molar-refractivity contribution in [2.45, 2.75) is 33.1 Å². The van der Waals surface area contributed by atoms with E-state index in [4.69, 9.17) is 11.5 Å². The van der Waals surface area contributed by atoms with E-state index in [2.05, 4.69) is 4.74 Å². The second kappa shape index (κ2) is 7.65. The van der Waals surface area contributed by atoms with Gasteiger partial charge in [-0.15, -0.1) is 0 Å². The molecule has 0 rings (SSSR count). The summed E-state index contributed by atoms with van der Waals surface area (Å²) in [5, 5.41) is 0. The molecule has 98 valence electrons. The maximum atomic E-state index is 11.3. The van der Waals surface area contributed by atoms with E-state index in [0.717, 1.165) is 0 Å². The minimum Gasteiger partial charge on any atom is -0.456 e. The molecular weight excluding hydrogens is 224 g/mol. The number of esters is 1. The lowest BCUT2D eigenvalue weighted by molar-refractivity contribution is -0.149. The molecule has 0 heterocycles. The first-order valence-corrected chi connectivity index (χ1v) is 5.53.